The van der Waals surface area contributed by atoms with Gasteiger partial charge in [-0.05, 0) is 40.2 Å². The maximum atomic E-state index is 11.1. The first-order valence-corrected chi connectivity index (χ1v) is 7.70. The molecule has 0 saturated heterocycles. The zero-order valence-corrected chi connectivity index (χ0v) is 13.7. The Hall–Kier alpha value is -1.24. The molecule has 1 heterocycles. The molecule has 4 nitrogen and oxygen atoms in total. The molecule has 0 aliphatic rings. The summed E-state index contributed by atoms with van der Waals surface area (Å²) >= 11 is 10.9. The summed E-state index contributed by atoms with van der Waals surface area (Å²) in [5, 5.41) is 5.89. The fourth-order valence-electron chi connectivity index (χ4n) is 1.54. The SMILES string of the molecule is COC(=O)Nc1cccc(NCc2cc(Br)c(Cl)s2)c1. The fourth-order valence-corrected chi connectivity index (χ4v) is 3.27. The third-order valence-electron chi connectivity index (χ3n) is 2.46. The lowest BCUT2D eigenvalue weighted by molar-refractivity contribution is 0.187. The van der Waals surface area contributed by atoms with Crippen molar-refractivity contribution in [3.05, 3.63) is 44.0 Å². The minimum absolute atomic E-state index is 0.490. The molecule has 0 spiro atoms. The largest absolute Gasteiger partial charge is 0.453 e. The molecule has 0 aliphatic carbocycles. The number of thiophene rings is 1. The molecule has 1 aromatic heterocycles. The summed E-state index contributed by atoms with van der Waals surface area (Å²) in [6, 6.07) is 9.38. The van der Waals surface area contributed by atoms with Gasteiger partial charge in [-0.1, -0.05) is 17.7 Å². The van der Waals surface area contributed by atoms with E-state index < -0.39 is 6.09 Å². The zero-order chi connectivity index (χ0) is 14.5. The van der Waals surface area contributed by atoms with Crippen molar-refractivity contribution in [1.29, 1.82) is 0 Å². The highest BCUT2D eigenvalue weighted by atomic mass is 79.9. The van der Waals surface area contributed by atoms with Crippen molar-refractivity contribution in [2.45, 2.75) is 6.54 Å². The third-order valence-corrected chi connectivity index (χ3v) is 4.93. The van der Waals surface area contributed by atoms with Crippen LogP contribution in [0.1, 0.15) is 4.88 Å². The van der Waals surface area contributed by atoms with E-state index in [-0.39, 0.29) is 0 Å². The highest BCUT2D eigenvalue weighted by Crippen LogP contribution is 2.32. The molecule has 0 radical (unpaired) electrons. The minimum Gasteiger partial charge on any atom is -0.453 e. The number of benzene rings is 1. The van der Waals surface area contributed by atoms with Crippen LogP contribution in [0.4, 0.5) is 16.2 Å². The Morgan fingerprint density at radius 1 is 1.40 bits per heavy atom. The van der Waals surface area contributed by atoms with E-state index in [1.54, 1.807) is 6.07 Å². The maximum absolute atomic E-state index is 11.1. The number of hydrogen-bond acceptors (Lipinski definition) is 4. The number of anilines is 2. The van der Waals surface area contributed by atoms with Crippen LogP contribution in [0.25, 0.3) is 0 Å². The highest BCUT2D eigenvalue weighted by Gasteiger charge is 2.05. The molecular formula is C13H12BrClN2O2S. The molecule has 1 amide bonds. The van der Waals surface area contributed by atoms with Crippen molar-refractivity contribution in [2.75, 3.05) is 17.7 Å². The van der Waals surface area contributed by atoms with Crippen molar-refractivity contribution in [3.8, 4) is 0 Å². The van der Waals surface area contributed by atoms with Gasteiger partial charge in [0, 0.05) is 27.3 Å². The van der Waals surface area contributed by atoms with Crippen LogP contribution in [0, 0.1) is 0 Å². The molecule has 0 fully saturated rings. The van der Waals surface area contributed by atoms with Crippen molar-refractivity contribution >= 4 is 56.3 Å². The Kier molecular flexibility index (Phi) is 5.28. The number of rotatable bonds is 4. The molecule has 0 saturated carbocycles. The van der Waals surface area contributed by atoms with Gasteiger partial charge in [-0.3, -0.25) is 5.32 Å². The van der Waals surface area contributed by atoms with E-state index in [2.05, 4.69) is 31.3 Å². The van der Waals surface area contributed by atoms with Crippen LogP contribution in [-0.2, 0) is 11.3 Å². The van der Waals surface area contributed by atoms with Crippen LogP contribution in [0.15, 0.2) is 34.8 Å². The summed E-state index contributed by atoms with van der Waals surface area (Å²) in [5.41, 5.74) is 1.58. The predicted octanol–water partition coefficient (Wildman–Crippen LogP) is 4.95. The molecule has 0 atom stereocenters. The molecule has 20 heavy (non-hydrogen) atoms. The van der Waals surface area contributed by atoms with Crippen LogP contribution in [0.3, 0.4) is 0 Å². The molecule has 0 bridgehead atoms. The monoisotopic (exact) mass is 374 g/mol. The van der Waals surface area contributed by atoms with E-state index in [0.29, 0.717) is 12.2 Å². The molecule has 2 aromatic rings. The fraction of sp³-hybridized carbons (Fsp3) is 0.154. The van der Waals surface area contributed by atoms with E-state index in [9.17, 15) is 4.79 Å². The second-order valence-corrected chi connectivity index (χ2v) is 6.48. The van der Waals surface area contributed by atoms with Crippen LogP contribution in [-0.4, -0.2) is 13.2 Å². The number of hydrogen-bond donors (Lipinski definition) is 2. The van der Waals surface area contributed by atoms with E-state index >= 15 is 0 Å². The first kappa shape index (κ1) is 15.2. The Bertz CT molecular complexity index is 599. The second kappa shape index (κ2) is 6.97. The molecule has 1 aromatic carbocycles. The average molecular weight is 376 g/mol. The Balaban J connectivity index is 1.99. The van der Waals surface area contributed by atoms with Crippen molar-refractivity contribution in [1.82, 2.24) is 0 Å². The summed E-state index contributed by atoms with van der Waals surface area (Å²) in [4.78, 5) is 12.3. The zero-order valence-electron chi connectivity index (χ0n) is 10.6. The topological polar surface area (TPSA) is 50.4 Å². The number of ether oxygens (including phenoxy) is 1. The molecular weight excluding hydrogens is 364 g/mol. The summed E-state index contributed by atoms with van der Waals surface area (Å²) in [7, 11) is 1.33. The lowest BCUT2D eigenvalue weighted by Gasteiger charge is -2.08. The van der Waals surface area contributed by atoms with Crippen LogP contribution in [0.5, 0.6) is 0 Å². The third kappa shape index (κ3) is 4.13. The van der Waals surface area contributed by atoms with Gasteiger partial charge in [0.25, 0.3) is 0 Å². The number of amides is 1. The summed E-state index contributed by atoms with van der Waals surface area (Å²) in [6.07, 6.45) is -0.490. The molecule has 0 unspecified atom stereocenters. The van der Waals surface area contributed by atoms with Crippen LogP contribution < -0.4 is 10.6 Å². The molecule has 2 N–H and O–H groups in total. The van der Waals surface area contributed by atoms with Gasteiger partial charge in [0.05, 0.1) is 7.11 Å². The Morgan fingerprint density at radius 2 is 2.15 bits per heavy atom. The molecule has 7 heteroatoms. The van der Waals surface area contributed by atoms with Crippen molar-refractivity contribution in [3.63, 3.8) is 0 Å². The van der Waals surface area contributed by atoms with Gasteiger partial charge in [0.2, 0.25) is 0 Å². The molecule has 0 aliphatic heterocycles. The van der Waals surface area contributed by atoms with E-state index in [4.69, 9.17) is 11.6 Å². The quantitative estimate of drug-likeness (QED) is 0.794. The summed E-state index contributed by atoms with van der Waals surface area (Å²) in [5.74, 6) is 0. The lowest BCUT2D eigenvalue weighted by atomic mass is 10.2. The predicted molar refractivity (Wildman–Crippen MR) is 86.8 cm³/mol. The van der Waals surface area contributed by atoms with Crippen LogP contribution >= 0.6 is 38.9 Å². The summed E-state index contributed by atoms with van der Waals surface area (Å²) < 4.78 is 6.19. The minimum atomic E-state index is -0.490. The van der Waals surface area contributed by atoms with Gasteiger partial charge in [-0.25, -0.2) is 4.79 Å². The van der Waals surface area contributed by atoms with Gasteiger partial charge in [-0.2, -0.15) is 0 Å². The smallest absolute Gasteiger partial charge is 0.411 e. The van der Waals surface area contributed by atoms with Gasteiger partial charge >= 0.3 is 6.09 Å². The second-order valence-electron chi connectivity index (χ2n) is 3.89. The van der Waals surface area contributed by atoms with E-state index in [0.717, 1.165) is 19.4 Å². The van der Waals surface area contributed by atoms with Crippen molar-refractivity contribution in [2.24, 2.45) is 0 Å². The lowest BCUT2D eigenvalue weighted by Crippen LogP contribution is -2.11. The van der Waals surface area contributed by atoms with Crippen LogP contribution in [0.2, 0.25) is 4.34 Å². The van der Waals surface area contributed by atoms with Gasteiger partial charge in [0.1, 0.15) is 4.34 Å². The number of carbonyl (C=O) groups excluding carboxylic acids is 1. The number of nitrogens with one attached hydrogen (secondary N) is 2. The number of methoxy groups -OCH3 is 1. The first-order chi connectivity index (χ1) is 9.58. The van der Waals surface area contributed by atoms with E-state index in [1.807, 2.05) is 24.3 Å². The highest BCUT2D eigenvalue weighted by molar-refractivity contribution is 9.10. The Labute approximate surface area is 134 Å². The van der Waals surface area contributed by atoms with Crippen molar-refractivity contribution < 1.29 is 9.53 Å². The van der Waals surface area contributed by atoms with Gasteiger partial charge in [-0.15, -0.1) is 11.3 Å². The molecule has 106 valence electrons. The van der Waals surface area contributed by atoms with Gasteiger partial charge in [0.15, 0.2) is 0 Å². The number of halogens is 2. The first-order valence-electron chi connectivity index (χ1n) is 5.71. The maximum Gasteiger partial charge on any atom is 0.411 e. The Morgan fingerprint density at radius 3 is 2.80 bits per heavy atom. The normalized spacial score (nSPS) is 10.2. The average Bonchev–Trinajstić information content (AvgIpc) is 2.76. The van der Waals surface area contributed by atoms with E-state index in [1.165, 1.54) is 18.4 Å². The molecule has 2 rings (SSSR count). The standard InChI is InChI=1S/C13H12BrClN2O2S/c1-19-13(18)17-9-4-2-3-8(5-9)16-7-10-6-11(14)12(15)20-10/h2-6,16H,7H2,1H3,(H,17,18). The number of carbonyl (C=O) groups is 1. The van der Waals surface area contributed by atoms with Gasteiger partial charge < -0.3 is 10.1 Å². The summed E-state index contributed by atoms with van der Waals surface area (Å²) in [6.45, 7) is 0.664.